The molecule has 0 amide bonds. The highest BCUT2D eigenvalue weighted by atomic mass is 14.9. The van der Waals surface area contributed by atoms with E-state index in [9.17, 15) is 0 Å². The van der Waals surface area contributed by atoms with Gasteiger partial charge in [0.25, 0.3) is 0 Å². The van der Waals surface area contributed by atoms with E-state index in [0.717, 1.165) is 11.8 Å². The van der Waals surface area contributed by atoms with Gasteiger partial charge < -0.3 is 5.32 Å². The number of anilines is 1. The van der Waals surface area contributed by atoms with Crippen LogP contribution in [-0.2, 0) is 5.41 Å². The summed E-state index contributed by atoms with van der Waals surface area (Å²) in [7, 11) is 0. The first-order valence-electron chi connectivity index (χ1n) is 7.73. The topological polar surface area (TPSA) is 12.0 Å². The quantitative estimate of drug-likeness (QED) is 0.767. The van der Waals surface area contributed by atoms with Crippen LogP contribution in [0.4, 0.5) is 5.69 Å². The van der Waals surface area contributed by atoms with Gasteiger partial charge in [-0.1, -0.05) is 46.8 Å². The molecule has 1 N–H and O–H groups in total. The van der Waals surface area contributed by atoms with Crippen LogP contribution in [0, 0.1) is 11.8 Å². The minimum Gasteiger partial charge on any atom is -0.382 e. The van der Waals surface area contributed by atoms with Crippen molar-refractivity contribution in [1.29, 1.82) is 0 Å². The summed E-state index contributed by atoms with van der Waals surface area (Å²) in [5.74, 6) is 1.74. The van der Waals surface area contributed by atoms with E-state index in [4.69, 9.17) is 0 Å². The van der Waals surface area contributed by atoms with Crippen molar-refractivity contribution in [3.05, 3.63) is 29.8 Å². The molecule has 1 aliphatic carbocycles. The Hall–Kier alpha value is -0.980. The van der Waals surface area contributed by atoms with E-state index in [-0.39, 0.29) is 5.41 Å². The van der Waals surface area contributed by atoms with Crippen LogP contribution in [-0.4, -0.2) is 6.04 Å². The summed E-state index contributed by atoms with van der Waals surface area (Å²) in [6, 6.07) is 9.66. The van der Waals surface area contributed by atoms with E-state index in [0.29, 0.717) is 6.04 Å². The Morgan fingerprint density at radius 3 is 2.11 bits per heavy atom. The molecule has 0 bridgehead atoms. The monoisotopic (exact) mass is 259 g/mol. The standard InChI is InChI=1S/C18H29N/c1-13-6-9-17(12-14(13)2)19-16-10-7-15(8-11-16)18(3,4)5/h7-8,10-11,13-14,17,19H,6,9,12H2,1-5H3. The fourth-order valence-corrected chi connectivity index (χ4v) is 2.98. The van der Waals surface area contributed by atoms with Crippen LogP contribution >= 0.6 is 0 Å². The molecule has 1 aromatic rings. The largest absolute Gasteiger partial charge is 0.382 e. The molecule has 0 heterocycles. The van der Waals surface area contributed by atoms with Crippen LogP contribution in [0.5, 0.6) is 0 Å². The van der Waals surface area contributed by atoms with Gasteiger partial charge in [0.15, 0.2) is 0 Å². The Labute approximate surface area is 118 Å². The maximum absolute atomic E-state index is 3.71. The van der Waals surface area contributed by atoms with E-state index >= 15 is 0 Å². The van der Waals surface area contributed by atoms with Crippen molar-refractivity contribution < 1.29 is 0 Å². The van der Waals surface area contributed by atoms with Gasteiger partial charge in [0.05, 0.1) is 0 Å². The van der Waals surface area contributed by atoms with Crippen molar-refractivity contribution >= 4 is 5.69 Å². The van der Waals surface area contributed by atoms with Crippen molar-refractivity contribution in [2.45, 2.75) is 65.3 Å². The maximum atomic E-state index is 3.71. The zero-order valence-electron chi connectivity index (χ0n) is 13.2. The third-order valence-corrected chi connectivity index (χ3v) is 4.72. The normalized spacial score (nSPS) is 28.2. The molecule has 0 saturated heterocycles. The number of benzene rings is 1. The highest BCUT2D eigenvalue weighted by Gasteiger charge is 2.24. The molecule has 1 aromatic carbocycles. The number of rotatable bonds is 2. The molecule has 19 heavy (non-hydrogen) atoms. The summed E-state index contributed by atoms with van der Waals surface area (Å²) in [5, 5.41) is 3.71. The fourth-order valence-electron chi connectivity index (χ4n) is 2.98. The zero-order chi connectivity index (χ0) is 14.0. The first-order chi connectivity index (χ1) is 8.86. The van der Waals surface area contributed by atoms with Gasteiger partial charge in [0, 0.05) is 11.7 Å². The van der Waals surface area contributed by atoms with Crippen LogP contribution in [0.2, 0.25) is 0 Å². The molecule has 2 rings (SSSR count). The van der Waals surface area contributed by atoms with E-state index < -0.39 is 0 Å². The zero-order valence-corrected chi connectivity index (χ0v) is 13.2. The van der Waals surface area contributed by atoms with Crippen molar-refractivity contribution in [1.82, 2.24) is 0 Å². The Kier molecular flexibility index (Phi) is 4.23. The van der Waals surface area contributed by atoms with Crippen LogP contribution in [0.15, 0.2) is 24.3 Å². The third-order valence-electron chi connectivity index (χ3n) is 4.72. The molecule has 0 spiro atoms. The molecule has 0 radical (unpaired) electrons. The predicted molar refractivity (Wildman–Crippen MR) is 84.7 cm³/mol. The summed E-state index contributed by atoms with van der Waals surface area (Å²) < 4.78 is 0. The number of hydrogen-bond donors (Lipinski definition) is 1. The van der Waals surface area contributed by atoms with Gasteiger partial charge in [0.1, 0.15) is 0 Å². The molecular formula is C18H29N. The van der Waals surface area contributed by atoms with Crippen molar-refractivity contribution in [2.75, 3.05) is 5.32 Å². The smallest absolute Gasteiger partial charge is 0.0342 e. The second kappa shape index (κ2) is 5.56. The van der Waals surface area contributed by atoms with Gasteiger partial charge >= 0.3 is 0 Å². The molecule has 1 saturated carbocycles. The van der Waals surface area contributed by atoms with Crippen LogP contribution < -0.4 is 5.32 Å². The van der Waals surface area contributed by atoms with Crippen LogP contribution in [0.1, 0.15) is 59.4 Å². The van der Waals surface area contributed by atoms with Crippen LogP contribution in [0.3, 0.4) is 0 Å². The molecule has 1 heteroatoms. The second-order valence-electron chi connectivity index (χ2n) is 7.44. The van der Waals surface area contributed by atoms with E-state index in [2.05, 4.69) is 64.2 Å². The molecule has 106 valence electrons. The van der Waals surface area contributed by atoms with Gasteiger partial charge in [-0.2, -0.15) is 0 Å². The molecule has 0 aliphatic heterocycles. The summed E-state index contributed by atoms with van der Waals surface area (Å²) >= 11 is 0. The molecular weight excluding hydrogens is 230 g/mol. The van der Waals surface area contributed by atoms with E-state index in [1.165, 1.54) is 30.5 Å². The van der Waals surface area contributed by atoms with Crippen molar-refractivity contribution in [3.8, 4) is 0 Å². The summed E-state index contributed by atoms with van der Waals surface area (Å²) in [5.41, 5.74) is 2.93. The van der Waals surface area contributed by atoms with Gasteiger partial charge in [-0.15, -0.1) is 0 Å². The second-order valence-corrected chi connectivity index (χ2v) is 7.44. The van der Waals surface area contributed by atoms with Gasteiger partial charge in [-0.25, -0.2) is 0 Å². The average molecular weight is 259 g/mol. The number of hydrogen-bond acceptors (Lipinski definition) is 1. The Balaban J connectivity index is 1.97. The fraction of sp³-hybridized carbons (Fsp3) is 0.667. The first-order valence-corrected chi connectivity index (χ1v) is 7.73. The maximum Gasteiger partial charge on any atom is 0.0342 e. The first kappa shape index (κ1) is 14.4. The predicted octanol–water partition coefficient (Wildman–Crippen LogP) is 5.22. The summed E-state index contributed by atoms with van der Waals surface area (Å²) in [6.07, 6.45) is 3.98. The Morgan fingerprint density at radius 2 is 1.58 bits per heavy atom. The minimum atomic E-state index is 0.243. The van der Waals surface area contributed by atoms with Crippen molar-refractivity contribution in [3.63, 3.8) is 0 Å². The van der Waals surface area contributed by atoms with Gasteiger partial charge in [-0.05, 0) is 54.2 Å². The SMILES string of the molecule is CC1CCC(Nc2ccc(C(C)(C)C)cc2)CC1C. The van der Waals surface area contributed by atoms with E-state index in [1.807, 2.05) is 0 Å². The Morgan fingerprint density at radius 1 is 0.947 bits per heavy atom. The highest BCUT2D eigenvalue weighted by Crippen LogP contribution is 2.31. The highest BCUT2D eigenvalue weighted by molar-refractivity contribution is 5.46. The average Bonchev–Trinajstić information content (AvgIpc) is 2.33. The van der Waals surface area contributed by atoms with Crippen molar-refractivity contribution in [2.24, 2.45) is 11.8 Å². The van der Waals surface area contributed by atoms with E-state index in [1.54, 1.807) is 0 Å². The van der Waals surface area contributed by atoms with Gasteiger partial charge in [-0.3, -0.25) is 0 Å². The molecule has 1 nitrogen and oxygen atoms in total. The lowest BCUT2D eigenvalue weighted by molar-refractivity contribution is 0.261. The molecule has 3 atom stereocenters. The van der Waals surface area contributed by atoms with Crippen LogP contribution in [0.25, 0.3) is 0 Å². The molecule has 0 aromatic heterocycles. The lowest BCUT2D eigenvalue weighted by Crippen LogP contribution is -2.30. The third kappa shape index (κ3) is 3.75. The molecule has 1 aliphatic rings. The minimum absolute atomic E-state index is 0.243. The number of nitrogens with one attached hydrogen (secondary N) is 1. The molecule has 1 fully saturated rings. The lowest BCUT2D eigenvalue weighted by Gasteiger charge is -2.33. The van der Waals surface area contributed by atoms with Gasteiger partial charge in [0.2, 0.25) is 0 Å². The lowest BCUT2D eigenvalue weighted by atomic mass is 9.79. The Bertz CT molecular complexity index is 399. The summed E-state index contributed by atoms with van der Waals surface area (Å²) in [6.45, 7) is 11.6. The summed E-state index contributed by atoms with van der Waals surface area (Å²) in [4.78, 5) is 0. The molecule has 3 unspecified atom stereocenters.